The molecule has 32 heavy (non-hydrogen) atoms. The van der Waals surface area contributed by atoms with E-state index in [-0.39, 0.29) is 11.8 Å². The quantitative estimate of drug-likeness (QED) is 0.324. The summed E-state index contributed by atoms with van der Waals surface area (Å²) in [6.07, 6.45) is -3.09. The number of anilines is 1. The van der Waals surface area contributed by atoms with Gasteiger partial charge in [-0.25, -0.2) is 0 Å². The minimum absolute atomic E-state index is 0.0799. The largest absolute Gasteiger partial charge is 0.416 e. The van der Waals surface area contributed by atoms with Crippen LogP contribution in [0.15, 0.2) is 40.9 Å². The number of benzene rings is 2. The number of halogens is 3. The molecule has 0 spiro atoms. The lowest BCUT2D eigenvalue weighted by Crippen LogP contribution is -2.22. The number of alkyl halides is 3. The molecule has 2 aromatic heterocycles. The second-order valence-corrected chi connectivity index (χ2v) is 9.33. The molecule has 0 fully saturated rings. The van der Waals surface area contributed by atoms with E-state index in [0.29, 0.717) is 23.1 Å². The van der Waals surface area contributed by atoms with E-state index in [4.69, 9.17) is 4.52 Å². The van der Waals surface area contributed by atoms with Crippen LogP contribution >= 0.6 is 11.3 Å². The Kier molecular flexibility index (Phi) is 5.75. The van der Waals surface area contributed by atoms with Gasteiger partial charge in [-0.05, 0) is 54.0 Å². The fraction of sp³-hybridized carbons (Fsp3) is 0.333. The smallest absolute Gasteiger partial charge is 0.356 e. The van der Waals surface area contributed by atoms with Gasteiger partial charge < -0.3 is 9.42 Å². The van der Waals surface area contributed by atoms with Gasteiger partial charge in [-0.1, -0.05) is 25.1 Å². The molecule has 0 aliphatic carbocycles. The van der Waals surface area contributed by atoms with E-state index in [1.165, 1.54) is 29.2 Å². The highest BCUT2D eigenvalue weighted by atomic mass is 32.1. The maximum Gasteiger partial charge on any atom is 0.416 e. The third-order valence-corrected chi connectivity index (χ3v) is 6.92. The zero-order chi connectivity index (χ0) is 23.2. The SMILES string of the molecule is CC(=O)N(C)c1ccc2c(CCc3sc4cc(C(F)(F)F)ccc4c3C(C)C)noc2c1. The molecule has 0 unspecified atom stereocenters. The van der Waals surface area contributed by atoms with E-state index in [2.05, 4.69) is 19.0 Å². The number of amides is 1. The van der Waals surface area contributed by atoms with Gasteiger partial charge in [0.2, 0.25) is 5.91 Å². The minimum atomic E-state index is -4.36. The van der Waals surface area contributed by atoms with E-state index in [0.717, 1.165) is 38.7 Å². The van der Waals surface area contributed by atoms with Crippen molar-refractivity contribution in [2.45, 2.75) is 45.7 Å². The van der Waals surface area contributed by atoms with Crippen LogP contribution in [0.4, 0.5) is 18.9 Å². The van der Waals surface area contributed by atoms with Gasteiger partial charge in [-0.15, -0.1) is 11.3 Å². The van der Waals surface area contributed by atoms with Crippen LogP contribution in [-0.2, 0) is 23.8 Å². The number of carbonyl (C=O) groups is 1. The molecule has 0 bridgehead atoms. The molecule has 168 valence electrons. The molecule has 0 N–H and O–H groups in total. The zero-order valence-corrected chi connectivity index (χ0v) is 19.0. The predicted octanol–water partition coefficient (Wildman–Crippen LogP) is 6.95. The third kappa shape index (κ3) is 4.11. The van der Waals surface area contributed by atoms with Gasteiger partial charge in [0.05, 0.1) is 11.3 Å². The van der Waals surface area contributed by atoms with Crippen LogP contribution in [0.5, 0.6) is 0 Å². The third-order valence-electron chi connectivity index (χ3n) is 5.69. The Hall–Kier alpha value is -2.87. The summed E-state index contributed by atoms with van der Waals surface area (Å²) in [7, 11) is 1.69. The standard InChI is InChI=1S/C24H23F3N2O2S/c1-13(2)23-18-7-5-15(24(25,26)27)11-22(18)32-21(23)10-9-19-17-8-6-16(29(4)14(3)30)12-20(17)31-28-19/h5-8,11-13H,9-10H2,1-4H3. The normalized spacial score (nSPS) is 12.2. The van der Waals surface area contributed by atoms with E-state index in [1.54, 1.807) is 19.2 Å². The Morgan fingerprint density at radius 3 is 2.50 bits per heavy atom. The van der Waals surface area contributed by atoms with Crippen molar-refractivity contribution in [3.8, 4) is 0 Å². The Morgan fingerprint density at radius 1 is 1.12 bits per heavy atom. The van der Waals surface area contributed by atoms with Gasteiger partial charge in [0.25, 0.3) is 0 Å². The summed E-state index contributed by atoms with van der Waals surface area (Å²) in [6.45, 7) is 5.60. The Bertz CT molecular complexity index is 1300. The highest BCUT2D eigenvalue weighted by Gasteiger charge is 2.31. The molecule has 0 atom stereocenters. The van der Waals surface area contributed by atoms with Crippen LogP contribution in [0, 0.1) is 0 Å². The minimum Gasteiger partial charge on any atom is -0.356 e. The lowest BCUT2D eigenvalue weighted by Gasteiger charge is -2.14. The van der Waals surface area contributed by atoms with Crippen LogP contribution in [0.1, 0.15) is 48.4 Å². The number of carbonyl (C=O) groups excluding carboxylic acids is 1. The molecule has 2 heterocycles. The molecule has 2 aromatic carbocycles. The number of aryl methyl sites for hydroxylation is 2. The summed E-state index contributed by atoms with van der Waals surface area (Å²) >= 11 is 1.42. The second-order valence-electron chi connectivity index (χ2n) is 8.19. The molecule has 0 aliphatic rings. The maximum atomic E-state index is 13.2. The fourth-order valence-corrected chi connectivity index (χ4v) is 5.34. The van der Waals surface area contributed by atoms with Crippen LogP contribution in [0.25, 0.3) is 21.1 Å². The summed E-state index contributed by atoms with van der Waals surface area (Å²) in [6, 6.07) is 9.51. The molecule has 4 nitrogen and oxygen atoms in total. The molecule has 8 heteroatoms. The molecule has 0 radical (unpaired) electrons. The number of aromatic nitrogens is 1. The highest BCUT2D eigenvalue weighted by molar-refractivity contribution is 7.19. The fourth-order valence-electron chi connectivity index (χ4n) is 3.94. The van der Waals surface area contributed by atoms with E-state index >= 15 is 0 Å². The molecular weight excluding hydrogens is 437 g/mol. The van der Waals surface area contributed by atoms with Crippen molar-refractivity contribution in [2.75, 3.05) is 11.9 Å². The van der Waals surface area contributed by atoms with Gasteiger partial charge in [0.15, 0.2) is 5.58 Å². The van der Waals surface area contributed by atoms with Gasteiger partial charge in [0, 0.05) is 40.7 Å². The van der Waals surface area contributed by atoms with Crippen molar-refractivity contribution < 1.29 is 22.5 Å². The summed E-state index contributed by atoms with van der Waals surface area (Å²) in [5.41, 5.74) is 2.58. The Labute approximate surface area is 187 Å². The van der Waals surface area contributed by atoms with Gasteiger partial charge in [0.1, 0.15) is 0 Å². The summed E-state index contributed by atoms with van der Waals surface area (Å²) in [4.78, 5) is 14.2. The van der Waals surface area contributed by atoms with E-state index in [1.807, 2.05) is 12.1 Å². The average molecular weight is 461 g/mol. The molecule has 4 aromatic rings. The second kappa shape index (κ2) is 8.24. The first-order chi connectivity index (χ1) is 15.1. The lowest BCUT2D eigenvalue weighted by atomic mass is 9.96. The molecule has 0 saturated heterocycles. The monoisotopic (exact) mass is 460 g/mol. The Balaban J connectivity index is 1.64. The first-order valence-electron chi connectivity index (χ1n) is 10.3. The maximum absolute atomic E-state index is 13.2. The number of hydrogen-bond acceptors (Lipinski definition) is 4. The van der Waals surface area contributed by atoms with Crippen molar-refractivity contribution >= 4 is 44.0 Å². The molecule has 0 aliphatic heterocycles. The topological polar surface area (TPSA) is 46.3 Å². The molecule has 0 saturated carbocycles. The van der Waals surface area contributed by atoms with Crippen LogP contribution in [0.3, 0.4) is 0 Å². The van der Waals surface area contributed by atoms with Crippen molar-refractivity contribution in [1.29, 1.82) is 0 Å². The summed E-state index contributed by atoms with van der Waals surface area (Å²) in [5.74, 6) is 0.109. The highest BCUT2D eigenvalue weighted by Crippen LogP contribution is 2.40. The van der Waals surface area contributed by atoms with Gasteiger partial charge in [-0.2, -0.15) is 13.2 Å². The van der Waals surface area contributed by atoms with E-state index in [9.17, 15) is 18.0 Å². The van der Waals surface area contributed by atoms with Crippen LogP contribution in [-0.4, -0.2) is 18.1 Å². The number of nitrogens with zero attached hydrogens (tertiary/aromatic N) is 2. The summed E-state index contributed by atoms with van der Waals surface area (Å²) < 4.78 is 45.6. The van der Waals surface area contributed by atoms with Gasteiger partial charge in [-0.3, -0.25) is 4.79 Å². The lowest BCUT2D eigenvalue weighted by molar-refractivity contribution is -0.137. The predicted molar refractivity (Wildman–Crippen MR) is 121 cm³/mol. The van der Waals surface area contributed by atoms with Crippen molar-refractivity contribution in [3.05, 3.63) is 58.1 Å². The number of thiophene rings is 1. The number of rotatable bonds is 5. The average Bonchev–Trinajstić information content (AvgIpc) is 3.30. The van der Waals surface area contributed by atoms with Crippen molar-refractivity contribution in [2.24, 2.45) is 0 Å². The molecular formula is C24H23F3N2O2S. The van der Waals surface area contributed by atoms with Crippen LogP contribution in [0.2, 0.25) is 0 Å². The van der Waals surface area contributed by atoms with E-state index < -0.39 is 11.7 Å². The zero-order valence-electron chi connectivity index (χ0n) is 18.2. The number of hydrogen-bond donors (Lipinski definition) is 0. The Morgan fingerprint density at radius 2 is 1.84 bits per heavy atom. The first-order valence-corrected chi connectivity index (χ1v) is 11.1. The molecule has 1 amide bonds. The number of fused-ring (bicyclic) bond motifs is 2. The van der Waals surface area contributed by atoms with Crippen molar-refractivity contribution in [3.63, 3.8) is 0 Å². The van der Waals surface area contributed by atoms with Crippen molar-refractivity contribution in [1.82, 2.24) is 5.16 Å². The first kappa shape index (κ1) is 22.3. The van der Waals surface area contributed by atoms with Crippen LogP contribution < -0.4 is 4.90 Å². The van der Waals surface area contributed by atoms with Gasteiger partial charge >= 0.3 is 6.18 Å². The summed E-state index contributed by atoms with van der Waals surface area (Å²) in [5, 5.41) is 5.96. The molecule has 4 rings (SSSR count).